The van der Waals surface area contributed by atoms with Crippen LogP contribution in [0, 0.1) is 0 Å². The lowest BCUT2D eigenvalue weighted by Gasteiger charge is -2.05. The van der Waals surface area contributed by atoms with Crippen LogP contribution in [0.1, 0.15) is 16.8 Å². The summed E-state index contributed by atoms with van der Waals surface area (Å²) in [5, 5.41) is 3.68. The number of hydrogen-bond donors (Lipinski definition) is 2. The molecular weight excluding hydrogens is 358 g/mol. The van der Waals surface area contributed by atoms with Crippen molar-refractivity contribution in [2.75, 3.05) is 13.7 Å². The Morgan fingerprint density at radius 2 is 2.04 bits per heavy atom. The molecule has 0 unspecified atom stereocenters. The lowest BCUT2D eigenvalue weighted by Crippen LogP contribution is -2.26. The maximum absolute atomic E-state index is 12.5. The lowest BCUT2D eigenvalue weighted by atomic mass is 10.1. The zero-order valence-corrected chi connectivity index (χ0v) is 15.5. The highest BCUT2D eigenvalue weighted by molar-refractivity contribution is 6.03. The Morgan fingerprint density at radius 3 is 2.82 bits per heavy atom. The topological polar surface area (TPSA) is 102 Å². The number of carbonyl (C=O) groups is 2. The van der Waals surface area contributed by atoms with Crippen LogP contribution in [0.2, 0.25) is 0 Å². The number of esters is 1. The molecule has 2 N–H and O–H groups in total. The highest BCUT2D eigenvalue weighted by Crippen LogP contribution is 2.31. The van der Waals surface area contributed by atoms with E-state index in [9.17, 15) is 9.59 Å². The molecule has 3 heterocycles. The number of ether oxygens (including phenoxy) is 1. The summed E-state index contributed by atoms with van der Waals surface area (Å²) in [4.78, 5) is 35.5. The van der Waals surface area contributed by atoms with Crippen molar-refractivity contribution in [1.82, 2.24) is 24.8 Å². The van der Waals surface area contributed by atoms with E-state index >= 15 is 0 Å². The third-order valence-corrected chi connectivity index (χ3v) is 4.64. The Bertz CT molecular complexity index is 1160. The van der Waals surface area contributed by atoms with Crippen LogP contribution in [-0.2, 0) is 16.6 Å². The summed E-state index contributed by atoms with van der Waals surface area (Å²) >= 11 is 0. The first-order valence-electron chi connectivity index (χ1n) is 8.81. The lowest BCUT2D eigenvalue weighted by molar-refractivity contribution is -0.140. The van der Waals surface area contributed by atoms with Gasteiger partial charge >= 0.3 is 5.97 Å². The molecular formula is C20H19N5O3. The van der Waals surface area contributed by atoms with Gasteiger partial charge in [0.2, 0.25) is 0 Å². The minimum absolute atomic E-state index is 0.135. The van der Waals surface area contributed by atoms with Gasteiger partial charge in [-0.1, -0.05) is 0 Å². The van der Waals surface area contributed by atoms with Crippen LogP contribution in [0.4, 0.5) is 0 Å². The van der Waals surface area contributed by atoms with E-state index in [1.165, 1.54) is 7.11 Å². The molecule has 0 aliphatic heterocycles. The summed E-state index contributed by atoms with van der Waals surface area (Å²) in [6.07, 6.45) is 5.44. The van der Waals surface area contributed by atoms with E-state index in [2.05, 4.69) is 25.0 Å². The van der Waals surface area contributed by atoms with Gasteiger partial charge in [-0.05, 0) is 24.3 Å². The van der Waals surface area contributed by atoms with Gasteiger partial charge in [-0.2, -0.15) is 0 Å². The maximum Gasteiger partial charge on any atom is 0.307 e. The summed E-state index contributed by atoms with van der Waals surface area (Å²) in [6.45, 7) is 0.227. The fraction of sp³-hybridized carbons (Fsp3) is 0.200. The van der Waals surface area contributed by atoms with Gasteiger partial charge in [0.1, 0.15) is 5.52 Å². The van der Waals surface area contributed by atoms with Gasteiger partial charge in [0, 0.05) is 54.2 Å². The molecule has 0 fully saturated rings. The molecule has 8 nitrogen and oxygen atoms in total. The minimum atomic E-state index is -0.359. The second-order valence-electron chi connectivity index (χ2n) is 6.44. The molecule has 28 heavy (non-hydrogen) atoms. The first-order chi connectivity index (χ1) is 13.6. The fourth-order valence-electron chi connectivity index (χ4n) is 3.23. The fourth-order valence-corrected chi connectivity index (χ4v) is 3.23. The van der Waals surface area contributed by atoms with Gasteiger partial charge in [-0.25, -0.2) is 4.98 Å². The second-order valence-corrected chi connectivity index (χ2v) is 6.44. The van der Waals surface area contributed by atoms with Gasteiger partial charge in [0.25, 0.3) is 5.91 Å². The Hall–Kier alpha value is -3.68. The zero-order valence-electron chi connectivity index (χ0n) is 15.5. The van der Waals surface area contributed by atoms with Crippen LogP contribution < -0.4 is 5.32 Å². The number of methoxy groups -OCH3 is 1. The number of aryl methyl sites for hydroxylation is 1. The van der Waals surface area contributed by atoms with Gasteiger partial charge in [-0.3, -0.25) is 14.6 Å². The number of aromatic amines is 1. The van der Waals surface area contributed by atoms with Gasteiger partial charge in [0.15, 0.2) is 5.65 Å². The summed E-state index contributed by atoms with van der Waals surface area (Å²) in [5.74, 6) is -0.595. The van der Waals surface area contributed by atoms with E-state index in [-0.39, 0.29) is 24.8 Å². The summed E-state index contributed by atoms with van der Waals surface area (Å²) < 4.78 is 6.59. The molecule has 0 aliphatic carbocycles. The van der Waals surface area contributed by atoms with E-state index in [1.54, 1.807) is 18.5 Å². The Labute approximate surface area is 160 Å². The minimum Gasteiger partial charge on any atom is -0.469 e. The number of rotatable bonds is 5. The average molecular weight is 377 g/mol. The molecule has 8 heteroatoms. The SMILES string of the molecule is COC(=O)CCNC(=O)c1ccc2c(c1)c(-c1cc3nccnc3[nH]1)cn2C. The Balaban J connectivity index is 1.67. The monoisotopic (exact) mass is 377 g/mol. The smallest absolute Gasteiger partial charge is 0.307 e. The number of nitrogens with zero attached hydrogens (tertiary/aromatic N) is 3. The quantitative estimate of drug-likeness (QED) is 0.520. The van der Waals surface area contributed by atoms with E-state index in [1.807, 2.05) is 36.0 Å². The average Bonchev–Trinajstić information content (AvgIpc) is 3.28. The van der Waals surface area contributed by atoms with Gasteiger partial charge in [0.05, 0.1) is 19.2 Å². The van der Waals surface area contributed by atoms with Crippen LogP contribution in [0.3, 0.4) is 0 Å². The number of fused-ring (bicyclic) bond motifs is 2. The standard InChI is InChI=1S/C20H19N5O3/c1-25-11-14(15-10-16-19(24-15)22-8-7-21-16)13-9-12(3-4-17(13)25)20(27)23-6-5-18(26)28-2/h3-4,7-11H,5-6H2,1-2H3,(H,22,24)(H,23,27). The first-order valence-corrected chi connectivity index (χ1v) is 8.81. The number of hydrogen-bond acceptors (Lipinski definition) is 5. The van der Waals surface area contributed by atoms with Crippen LogP contribution in [0.25, 0.3) is 33.3 Å². The van der Waals surface area contributed by atoms with Crippen LogP contribution in [-0.4, -0.2) is 45.1 Å². The van der Waals surface area contributed by atoms with Crippen molar-refractivity contribution in [3.8, 4) is 11.3 Å². The highest BCUT2D eigenvalue weighted by atomic mass is 16.5. The van der Waals surface area contributed by atoms with E-state index in [0.29, 0.717) is 11.2 Å². The molecule has 142 valence electrons. The molecule has 1 amide bonds. The van der Waals surface area contributed by atoms with Crippen molar-refractivity contribution >= 4 is 33.9 Å². The third-order valence-electron chi connectivity index (χ3n) is 4.64. The van der Waals surface area contributed by atoms with Gasteiger partial charge in [-0.15, -0.1) is 0 Å². The number of H-pyrrole nitrogens is 1. The van der Waals surface area contributed by atoms with Crippen LogP contribution in [0.15, 0.2) is 42.9 Å². The van der Waals surface area contributed by atoms with Crippen molar-refractivity contribution < 1.29 is 14.3 Å². The number of nitrogens with one attached hydrogen (secondary N) is 2. The predicted molar refractivity (Wildman–Crippen MR) is 105 cm³/mol. The van der Waals surface area contributed by atoms with Crippen molar-refractivity contribution in [3.05, 3.63) is 48.4 Å². The van der Waals surface area contributed by atoms with Gasteiger partial charge < -0.3 is 19.6 Å². The van der Waals surface area contributed by atoms with Crippen LogP contribution >= 0.6 is 0 Å². The molecule has 3 aromatic heterocycles. The number of carbonyl (C=O) groups excluding carboxylic acids is 2. The molecule has 0 saturated heterocycles. The number of amides is 1. The van der Waals surface area contributed by atoms with Crippen molar-refractivity contribution in [2.45, 2.75) is 6.42 Å². The molecule has 4 rings (SSSR count). The summed E-state index contributed by atoms with van der Waals surface area (Å²) in [7, 11) is 3.28. The third kappa shape index (κ3) is 3.20. The van der Waals surface area contributed by atoms with Crippen molar-refractivity contribution in [1.29, 1.82) is 0 Å². The summed E-state index contributed by atoms with van der Waals surface area (Å²) in [5.41, 5.74) is 4.87. The van der Waals surface area contributed by atoms with Crippen LogP contribution in [0.5, 0.6) is 0 Å². The van der Waals surface area contributed by atoms with Crippen molar-refractivity contribution in [2.24, 2.45) is 7.05 Å². The normalized spacial score (nSPS) is 11.1. The molecule has 0 atom stereocenters. The van der Waals surface area contributed by atoms with E-state index < -0.39 is 0 Å². The predicted octanol–water partition coefficient (Wildman–Crippen LogP) is 2.41. The molecule has 0 saturated carbocycles. The maximum atomic E-state index is 12.5. The second kappa shape index (κ2) is 7.15. The Kier molecular flexibility index (Phi) is 4.52. The molecule has 1 aromatic carbocycles. The Morgan fingerprint density at radius 1 is 1.21 bits per heavy atom. The molecule has 0 bridgehead atoms. The van der Waals surface area contributed by atoms with E-state index in [4.69, 9.17) is 0 Å². The molecule has 0 radical (unpaired) electrons. The molecule has 0 spiro atoms. The zero-order chi connectivity index (χ0) is 19.7. The number of aromatic nitrogens is 4. The largest absolute Gasteiger partial charge is 0.469 e. The number of benzene rings is 1. The highest BCUT2D eigenvalue weighted by Gasteiger charge is 2.15. The molecule has 0 aliphatic rings. The van der Waals surface area contributed by atoms with E-state index in [0.717, 1.165) is 27.7 Å². The van der Waals surface area contributed by atoms with Crippen molar-refractivity contribution in [3.63, 3.8) is 0 Å². The summed E-state index contributed by atoms with van der Waals surface area (Å²) in [6, 6.07) is 7.48. The molecule has 4 aromatic rings. The first kappa shape index (κ1) is 17.7.